The van der Waals surface area contributed by atoms with Gasteiger partial charge in [-0.2, -0.15) is 0 Å². The molecule has 2 atom stereocenters. The maximum Gasteiger partial charge on any atom is 0.257 e. The van der Waals surface area contributed by atoms with Crippen molar-refractivity contribution in [1.29, 1.82) is 0 Å². The van der Waals surface area contributed by atoms with Crippen LogP contribution in [0.25, 0.3) is 0 Å². The van der Waals surface area contributed by atoms with Crippen LogP contribution in [-0.4, -0.2) is 43.0 Å². The molecule has 29 heavy (non-hydrogen) atoms. The Hall–Kier alpha value is -1.86. The first kappa shape index (κ1) is 23.4. The van der Waals surface area contributed by atoms with E-state index in [0.29, 0.717) is 43.1 Å². The minimum Gasteiger partial charge on any atom is -0.457 e. The first-order chi connectivity index (χ1) is 13.1. The number of nitrogens with one attached hydrogen (secondary N) is 1. The van der Waals surface area contributed by atoms with E-state index in [9.17, 15) is 9.18 Å². The number of carbonyl (C=O) groups is 1. The highest BCUT2D eigenvalue weighted by molar-refractivity contribution is 5.95. The van der Waals surface area contributed by atoms with Crippen LogP contribution in [0.1, 0.15) is 22.3 Å². The Bertz CT molecular complexity index is 823. The maximum absolute atomic E-state index is 14.3. The van der Waals surface area contributed by atoms with Crippen LogP contribution in [0.4, 0.5) is 4.39 Å². The molecule has 2 aliphatic rings. The summed E-state index contributed by atoms with van der Waals surface area (Å²) in [6.07, 6.45) is 1.88. The Morgan fingerprint density at radius 2 is 1.86 bits per heavy atom. The Balaban J connectivity index is 0.00000150. The van der Waals surface area contributed by atoms with E-state index in [0.717, 1.165) is 24.9 Å². The molecule has 5 nitrogen and oxygen atoms in total. The van der Waals surface area contributed by atoms with Crippen LogP contribution in [0.15, 0.2) is 42.5 Å². The van der Waals surface area contributed by atoms with Gasteiger partial charge in [0.05, 0.1) is 5.56 Å². The Morgan fingerprint density at radius 1 is 1.14 bits per heavy atom. The van der Waals surface area contributed by atoms with Gasteiger partial charge >= 0.3 is 0 Å². The molecule has 0 spiro atoms. The highest BCUT2D eigenvalue weighted by Crippen LogP contribution is 2.28. The third kappa shape index (κ3) is 5.20. The molecule has 2 fully saturated rings. The largest absolute Gasteiger partial charge is 0.457 e. The minimum absolute atomic E-state index is 0. The summed E-state index contributed by atoms with van der Waals surface area (Å²) >= 11 is 0. The number of benzene rings is 2. The normalized spacial score (nSPS) is 19.9. The van der Waals surface area contributed by atoms with Gasteiger partial charge in [-0.1, -0.05) is 12.1 Å². The van der Waals surface area contributed by atoms with Crippen LogP contribution < -0.4 is 15.8 Å². The molecule has 2 aromatic rings. The van der Waals surface area contributed by atoms with E-state index in [2.05, 4.69) is 5.32 Å². The number of nitrogens with zero attached hydrogens (tertiary/aromatic N) is 1. The Kier molecular flexibility index (Phi) is 8.28. The van der Waals surface area contributed by atoms with Crippen LogP contribution in [0.2, 0.25) is 0 Å². The second-order valence-corrected chi connectivity index (χ2v) is 7.25. The van der Waals surface area contributed by atoms with E-state index in [4.69, 9.17) is 10.5 Å². The molecular weight excluding hydrogens is 416 g/mol. The van der Waals surface area contributed by atoms with Crippen molar-refractivity contribution in [1.82, 2.24) is 10.2 Å². The number of likely N-dealkylation sites (tertiary alicyclic amines) is 1. The lowest BCUT2D eigenvalue weighted by molar-refractivity contribution is 0.0777. The van der Waals surface area contributed by atoms with E-state index in [1.54, 1.807) is 11.0 Å². The fraction of sp³-hybridized carbons (Fsp3) is 0.381. The van der Waals surface area contributed by atoms with Gasteiger partial charge in [-0.3, -0.25) is 4.79 Å². The van der Waals surface area contributed by atoms with Gasteiger partial charge in [0.15, 0.2) is 0 Å². The van der Waals surface area contributed by atoms with Gasteiger partial charge in [0, 0.05) is 19.1 Å². The molecule has 2 aromatic carbocycles. The molecule has 2 aliphatic heterocycles. The zero-order valence-corrected chi connectivity index (χ0v) is 17.6. The van der Waals surface area contributed by atoms with Crippen molar-refractivity contribution in [2.75, 3.05) is 26.2 Å². The molecule has 2 heterocycles. The molecule has 0 bridgehead atoms. The van der Waals surface area contributed by atoms with Crippen molar-refractivity contribution >= 4 is 30.7 Å². The van der Waals surface area contributed by atoms with E-state index >= 15 is 0 Å². The lowest BCUT2D eigenvalue weighted by Crippen LogP contribution is -2.34. The third-order valence-electron chi connectivity index (χ3n) is 5.41. The minimum atomic E-state index is -0.518. The first-order valence-electron chi connectivity index (χ1n) is 9.43. The number of halogens is 3. The predicted octanol–water partition coefficient (Wildman–Crippen LogP) is 3.40. The molecule has 1 amide bonds. The second-order valence-electron chi connectivity index (χ2n) is 7.25. The van der Waals surface area contributed by atoms with Gasteiger partial charge in [-0.15, -0.1) is 24.8 Å². The van der Waals surface area contributed by atoms with Gasteiger partial charge < -0.3 is 20.7 Å². The summed E-state index contributed by atoms with van der Waals surface area (Å²) in [5, 5.41) is 3.41. The van der Waals surface area contributed by atoms with Crippen molar-refractivity contribution < 1.29 is 13.9 Å². The number of nitrogens with two attached hydrogens (primary N) is 1. The summed E-state index contributed by atoms with van der Waals surface area (Å²) in [6.45, 7) is 2.91. The molecule has 8 heteroatoms. The summed E-state index contributed by atoms with van der Waals surface area (Å²) in [5.41, 5.74) is 6.75. The topological polar surface area (TPSA) is 67.6 Å². The number of hydrogen-bond acceptors (Lipinski definition) is 4. The average molecular weight is 442 g/mol. The Labute approximate surface area is 182 Å². The van der Waals surface area contributed by atoms with Crippen molar-refractivity contribution in [3.05, 3.63) is 59.4 Å². The van der Waals surface area contributed by atoms with E-state index in [-0.39, 0.29) is 36.3 Å². The predicted molar refractivity (Wildman–Crippen MR) is 116 cm³/mol. The van der Waals surface area contributed by atoms with Gasteiger partial charge in [-0.05, 0) is 67.7 Å². The molecule has 0 aromatic heterocycles. The molecule has 0 radical (unpaired) electrons. The number of hydrogen-bond donors (Lipinski definition) is 2. The number of amides is 1. The highest BCUT2D eigenvalue weighted by Gasteiger charge is 2.38. The summed E-state index contributed by atoms with van der Waals surface area (Å²) in [6, 6.07) is 12.3. The van der Waals surface area contributed by atoms with Gasteiger partial charge in [0.2, 0.25) is 0 Å². The SMILES string of the molecule is Cl.Cl.NCCc1ccc(Oc2ccc(F)c(C(=O)N3C[C@@H]4CCN[C@@H]4C3)c2)cc1. The third-order valence-corrected chi connectivity index (χ3v) is 5.41. The van der Waals surface area contributed by atoms with Crippen LogP contribution >= 0.6 is 24.8 Å². The summed E-state index contributed by atoms with van der Waals surface area (Å²) in [5.74, 6) is 0.774. The molecule has 0 aliphatic carbocycles. The molecule has 3 N–H and O–H groups in total. The maximum atomic E-state index is 14.3. The van der Waals surface area contributed by atoms with Gasteiger partial charge in [0.25, 0.3) is 5.91 Å². The second kappa shape index (κ2) is 10.3. The van der Waals surface area contributed by atoms with Crippen LogP contribution in [0, 0.1) is 11.7 Å². The van der Waals surface area contributed by atoms with Crippen molar-refractivity contribution in [2.24, 2.45) is 11.7 Å². The van der Waals surface area contributed by atoms with Crippen LogP contribution in [0.5, 0.6) is 11.5 Å². The fourth-order valence-electron chi connectivity index (χ4n) is 3.94. The zero-order valence-electron chi connectivity index (χ0n) is 16.0. The van der Waals surface area contributed by atoms with E-state index < -0.39 is 5.82 Å². The van der Waals surface area contributed by atoms with Gasteiger partial charge in [0.1, 0.15) is 17.3 Å². The van der Waals surface area contributed by atoms with Crippen LogP contribution in [-0.2, 0) is 6.42 Å². The summed E-state index contributed by atoms with van der Waals surface area (Å²) < 4.78 is 20.1. The lowest BCUT2D eigenvalue weighted by atomic mass is 10.1. The monoisotopic (exact) mass is 441 g/mol. The smallest absolute Gasteiger partial charge is 0.257 e. The quantitative estimate of drug-likeness (QED) is 0.745. The number of fused-ring (bicyclic) bond motifs is 1. The standard InChI is InChI=1S/C21H24FN3O2.2ClH/c22-19-6-5-17(27-16-3-1-14(2-4-16)7-9-23)11-18(19)21(26)25-12-15-8-10-24-20(15)13-25;;/h1-6,11,15,20,24H,7-10,12-13,23H2;2*1H/t15-,20+;;/m0../s1. The summed E-state index contributed by atoms with van der Waals surface area (Å²) in [7, 11) is 0. The summed E-state index contributed by atoms with van der Waals surface area (Å²) in [4.78, 5) is 14.6. The molecule has 4 rings (SSSR count). The van der Waals surface area contributed by atoms with E-state index in [1.807, 2.05) is 24.3 Å². The Morgan fingerprint density at radius 3 is 2.55 bits per heavy atom. The number of rotatable bonds is 5. The molecule has 0 unspecified atom stereocenters. The van der Waals surface area contributed by atoms with E-state index in [1.165, 1.54) is 12.1 Å². The number of carbonyl (C=O) groups excluding carboxylic acids is 1. The number of ether oxygens (including phenoxy) is 1. The average Bonchev–Trinajstić information content (AvgIpc) is 3.27. The molecule has 2 saturated heterocycles. The van der Waals surface area contributed by atoms with Crippen molar-refractivity contribution in [3.63, 3.8) is 0 Å². The van der Waals surface area contributed by atoms with Crippen molar-refractivity contribution in [2.45, 2.75) is 18.9 Å². The fourth-order valence-corrected chi connectivity index (χ4v) is 3.94. The zero-order chi connectivity index (χ0) is 18.8. The lowest BCUT2D eigenvalue weighted by Gasteiger charge is -2.18. The molecule has 158 valence electrons. The van der Waals surface area contributed by atoms with Gasteiger partial charge in [-0.25, -0.2) is 4.39 Å². The molecule has 0 saturated carbocycles. The van der Waals surface area contributed by atoms with Crippen LogP contribution in [0.3, 0.4) is 0 Å². The molecular formula is C21H26Cl2FN3O2. The van der Waals surface area contributed by atoms with Crippen molar-refractivity contribution in [3.8, 4) is 11.5 Å². The highest BCUT2D eigenvalue weighted by atomic mass is 35.5. The first-order valence-corrected chi connectivity index (χ1v) is 9.43.